The SMILES string of the molecule is COC(=O)c1c(N(c2ccc(OC)c(F)c2)C2CCCCC2)[nH]c2cc(C#N)ccc12. The zero-order valence-corrected chi connectivity index (χ0v) is 17.6. The van der Waals surface area contributed by atoms with Gasteiger partial charge in [0.15, 0.2) is 11.6 Å². The Bertz CT molecular complexity index is 1160. The molecule has 6 nitrogen and oxygen atoms in total. The van der Waals surface area contributed by atoms with E-state index < -0.39 is 11.8 Å². The number of benzene rings is 2. The van der Waals surface area contributed by atoms with Gasteiger partial charge in [0.2, 0.25) is 0 Å². The molecule has 4 rings (SSSR count). The van der Waals surface area contributed by atoms with Crippen LogP contribution in [-0.2, 0) is 4.74 Å². The summed E-state index contributed by atoms with van der Waals surface area (Å²) >= 11 is 0. The molecule has 1 N–H and O–H groups in total. The van der Waals surface area contributed by atoms with Crippen LogP contribution in [0.1, 0.15) is 48.0 Å². The molecule has 1 fully saturated rings. The van der Waals surface area contributed by atoms with Crippen LogP contribution in [0, 0.1) is 17.1 Å². The largest absolute Gasteiger partial charge is 0.494 e. The van der Waals surface area contributed by atoms with E-state index in [-0.39, 0.29) is 11.8 Å². The number of halogens is 1. The van der Waals surface area contributed by atoms with Crippen molar-refractivity contribution in [1.29, 1.82) is 5.26 Å². The lowest BCUT2D eigenvalue weighted by atomic mass is 9.93. The minimum atomic E-state index is -0.485. The lowest BCUT2D eigenvalue weighted by Crippen LogP contribution is -2.34. The number of aromatic nitrogens is 1. The second kappa shape index (κ2) is 8.68. The first-order valence-corrected chi connectivity index (χ1v) is 10.3. The van der Waals surface area contributed by atoms with E-state index in [0.29, 0.717) is 33.5 Å². The topological polar surface area (TPSA) is 78.3 Å². The van der Waals surface area contributed by atoms with Crippen LogP contribution in [0.2, 0.25) is 0 Å². The molecule has 1 aliphatic carbocycles. The molecule has 2 aromatic carbocycles. The summed E-state index contributed by atoms with van der Waals surface area (Å²) in [5, 5.41) is 9.94. The Hall–Kier alpha value is -3.53. The van der Waals surface area contributed by atoms with E-state index in [2.05, 4.69) is 11.1 Å². The Morgan fingerprint density at radius 3 is 2.58 bits per heavy atom. The van der Waals surface area contributed by atoms with Crippen LogP contribution in [0.25, 0.3) is 10.9 Å². The summed E-state index contributed by atoms with van der Waals surface area (Å²) in [7, 11) is 2.77. The van der Waals surface area contributed by atoms with E-state index in [1.54, 1.807) is 30.3 Å². The third-order valence-electron chi connectivity index (χ3n) is 5.89. The first-order valence-electron chi connectivity index (χ1n) is 10.3. The maximum Gasteiger partial charge on any atom is 0.342 e. The molecule has 7 heteroatoms. The predicted molar refractivity (Wildman–Crippen MR) is 116 cm³/mol. The summed E-state index contributed by atoms with van der Waals surface area (Å²) in [5.74, 6) is -0.242. The number of anilines is 2. The fourth-order valence-corrected chi connectivity index (χ4v) is 4.41. The second-order valence-electron chi connectivity index (χ2n) is 7.69. The van der Waals surface area contributed by atoms with Crippen LogP contribution in [0.3, 0.4) is 0 Å². The van der Waals surface area contributed by atoms with E-state index >= 15 is 0 Å². The van der Waals surface area contributed by atoms with Crippen LogP contribution in [0.5, 0.6) is 5.75 Å². The van der Waals surface area contributed by atoms with Gasteiger partial charge in [-0.3, -0.25) is 0 Å². The summed E-state index contributed by atoms with van der Waals surface area (Å²) in [6.07, 6.45) is 5.13. The number of fused-ring (bicyclic) bond motifs is 1. The van der Waals surface area contributed by atoms with Crippen molar-refractivity contribution in [2.75, 3.05) is 19.1 Å². The van der Waals surface area contributed by atoms with Crippen molar-refractivity contribution in [2.24, 2.45) is 0 Å². The number of aromatic amines is 1. The Morgan fingerprint density at radius 1 is 1.16 bits per heavy atom. The number of nitrogens with one attached hydrogen (secondary N) is 1. The highest BCUT2D eigenvalue weighted by Gasteiger charge is 2.30. The van der Waals surface area contributed by atoms with E-state index in [9.17, 15) is 14.4 Å². The van der Waals surface area contributed by atoms with Crippen molar-refractivity contribution < 1.29 is 18.7 Å². The summed E-state index contributed by atoms with van der Waals surface area (Å²) in [6, 6.07) is 12.2. The average Bonchev–Trinajstić information content (AvgIpc) is 3.17. The number of carbonyl (C=O) groups is 1. The average molecular weight is 421 g/mol. The molecule has 0 spiro atoms. The number of hydrogen-bond donors (Lipinski definition) is 1. The molecule has 1 aliphatic rings. The van der Waals surface area contributed by atoms with Gasteiger partial charge in [-0.05, 0) is 37.1 Å². The first-order chi connectivity index (χ1) is 15.1. The molecule has 1 saturated carbocycles. The van der Waals surface area contributed by atoms with Crippen molar-refractivity contribution >= 4 is 28.4 Å². The number of esters is 1. The first kappa shape index (κ1) is 20.7. The van der Waals surface area contributed by atoms with Gasteiger partial charge < -0.3 is 19.4 Å². The minimum absolute atomic E-state index is 0.0912. The highest BCUT2D eigenvalue weighted by molar-refractivity contribution is 6.10. The van der Waals surface area contributed by atoms with E-state index in [0.717, 1.165) is 32.1 Å². The smallest absolute Gasteiger partial charge is 0.342 e. The van der Waals surface area contributed by atoms with E-state index in [1.165, 1.54) is 20.3 Å². The van der Waals surface area contributed by atoms with Crippen molar-refractivity contribution in [3.8, 4) is 11.8 Å². The molecule has 0 aliphatic heterocycles. The van der Waals surface area contributed by atoms with Gasteiger partial charge in [-0.15, -0.1) is 0 Å². The number of nitrogens with zero attached hydrogens (tertiary/aromatic N) is 2. The lowest BCUT2D eigenvalue weighted by molar-refractivity contribution is 0.0603. The van der Waals surface area contributed by atoms with Gasteiger partial charge in [0.25, 0.3) is 0 Å². The highest BCUT2D eigenvalue weighted by Crippen LogP contribution is 2.40. The van der Waals surface area contributed by atoms with E-state index in [4.69, 9.17) is 9.47 Å². The molecule has 3 aromatic rings. The lowest BCUT2D eigenvalue weighted by Gasteiger charge is -2.36. The molecular formula is C24H24FN3O3. The van der Waals surface area contributed by atoms with Gasteiger partial charge in [0.05, 0.1) is 25.9 Å². The molecule has 0 amide bonds. The Kier molecular flexibility index (Phi) is 5.81. The highest BCUT2D eigenvalue weighted by atomic mass is 19.1. The number of ether oxygens (including phenoxy) is 2. The number of rotatable bonds is 5. The van der Waals surface area contributed by atoms with Crippen LogP contribution < -0.4 is 9.64 Å². The fraction of sp³-hybridized carbons (Fsp3) is 0.333. The maximum atomic E-state index is 14.6. The Labute approximate surface area is 180 Å². The molecule has 0 radical (unpaired) electrons. The summed E-state index contributed by atoms with van der Waals surface area (Å²) in [4.78, 5) is 18.1. The van der Waals surface area contributed by atoms with Gasteiger partial charge >= 0.3 is 5.97 Å². The van der Waals surface area contributed by atoms with Gasteiger partial charge in [0.1, 0.15) is 11.4 Å². The zero-order valence-electron chi connectivity index (χ0n) is 17.6. The number of methoxy groups -OCH3 is 2. The summed E-state index contributed by atoms with van der Waals surface area (Å²) in [6.45, 7) is 0. The number of carbonyl (C=O) groups excluding carboxylic acids is 1. The minimum Gasteiger partial charge on any atom is -0.494 e. The van der Waals surface area contributed by atoms with Crippen LogP contribution in [-0.4, -0.2) is 31.2 Å². The molecule has 0 unspecified atom stereocenters. The molecular weight excluding hydrogens is 397 g/mol. The van der Waals surface area contributed by atoms with E-state index in [1.807, 2.05) is 4.90 Å². The Balaban J connectivity index is 1.94. The monoisotopic (exact) mass is 421 g/mol. The quantitative estimate of drug-likeness (QED) is 0.555. The fourth-order valence-electron chi connectivity index (χ4n) is 4.41. The molecule has 1 aromatic heterocycles. The second-order valence-corrected chi connectivity index (χ2v) is 7.69. The molecule has 0 atom stereocenters. The molecule has 31 heavy (non-hydrogen) atoms. The number of H-pyrrole nitrogens is 1. The van der Waals surface area contributed by atoms with Crippen LogP contribution in [0.4, 0.5) is 15.9 Å². The van der Waals surface area contributed by atoms with Crippen molar-refractivity contribution in [3.05, 3.63) is 53.3 Å². The molecule has 160 valence electrons. The van der Waals surface area contributed by atoms with Crippen LogP contribution in [0.15, 0.2) is 36.4 Å². The van der Waals surface area contributed by atoms with Crippen LogP contribution >= 0.6 is 0 Å². The summed E-state index contributed by atoms with van der Waals surface area (Å²) in [5.41, 5.74) is 2.15. The molecule has 0 bridgehead atoms. The molecule has 1 heterocycles. The van der Waals surface area contributed by atoms with Gasteiger partial charge in [-0.1, -0.05) is 25.3 Å². The number of hydrogen-bond acceptors (Lipinski definition) is 5. The standard InChI is InChI=1S/C24H24FN3O3/c1-30-21-11-9-17(13-19(21)25)28(16-6-4-3-5-7-16)23-22(24(29)31-2)18-10-8-15(14-26)12-20(18)27-23/h8-13,16,27H,3-7H2,1-2H3. The van der Waals surface area contributed by atoms with Crippen molar-refractivity contribution in [1.82, 2.24) is 4.98 Å². The molecule has 0 saturated heterocycles. The summed E-state index contributed by atoms with van der Waals surface area (Å²) < 4.78 is 24.8. The van der Waals surface area contributed by atoms with Gasteiger partial charge in [-0.25, -0.2) is 9.18 Å². The maximum absolute atomic E-state index is 14.6. The third kappa shape index (κ3) is 3.81. The predicted octanol–water partition coefficient (Wildman–Crippen LogP) is 5.44. The number of nitriles is 1. The third-order valence-corrected chi connectivity index (χ3v) is 5.89. The van der Waals surface area contributed by atoms with Crippen molar-refractivity contribution in [2.45, 2.75) is 38.1 Å². The van der Waals surface area contributed by atoms with Gasteiger partial charge in [0, 0.05) is 28.7 Å². The van der Waals surface area contributed by atoms with Crippen molar-refractivity contribution in [3.63, 3.8) is 0 Å². The normalized spacial score (nSPS) is 14.3. The zero-order chi connectivity index (χ0) is 22.0. The van der Waals surface area contributed by atoms with Gasteiger partial charge in [-0.2, -0.15) is 5.26 Å². The Morgan fingerprint density at radius 2 is 1.94 bits per heavy atom.